The van der Waals surface area contributed by atoms with Gasteiger partial charge in [0.2, 0.25) is 0 Å². The van der Waals surface area contributed by atoms with Gasteiger partial charge < -0.3 is 10.0 Å². The minimum atomic E-state index is -0.739. The van der Waals surface area contributed by atoms with Gasteiger partial charge in [-0.15, -0.1) is 0 Å². The van der Waals surface area contributed by atoms with Crippen molar-refractivity contribution < 1.29 is 14.7 Å². The number of amides is 2. The molecule has 1 N–H and O–H groups in total. The van der Waals surface area contributed by atoms with Crippen LogP contribution in [0.25, 0.3) is 0 Å². The molecule has 1 aromatic carbocycles. The number of urea groups is 1. The number of hydrogen-bond acceptors (Lipinski definition) is 4. The number of aliphatic carboxylic acids is 1. The van der Waals surface area contributed by atoms with Crippen molar-refractivity contribution in [2.45, 2.75) is 38.6 Å². The van der Waals surface area contributed by atoms with Crippen molar-refractivity contribution in [3.05, 3.63) is 28.3 Å². The summed E-state index contributed by atoms with van der Waals surface area (Å²) < 4.78 is 0. The van der Waals surface area contributed by atoms with E-state index < -0.39 is 5.97 Å². The van der Waals surface area contributed by atoms with Gasteiger partial charge in [0.25, 0.3) is 0 Å². The first-order valence-electron chi connectivity index (χ1n) is 9.64. The minimum Gasteiger partial charge on any atom is -0.481 e. The Morgan fingerprint density at radius 2 is 2.07 bits per heavy atom. The van der Waals surface area contributed by atoms with Crippen molar-refractivity contribution in [2.75, 3.05) is 37.6 Å². The third kappa shape index (κ3) is 4.23. The van der Waals surface area contributed by atoms with Gasteiger partial charge in [0.05, 0.1) is 16.6 Å². The number of hydrogen-bond donors (Lipinski definition) is 1. The van der Waals surface area contributed by atoms with Gasteiger partial charge in [-0.05, 0) is 44.0 Å². The summed E-state index contributed by atoms with van der Waals surface area (Å²) in [6, 6.07) is 5.67. The van der Waals surface area contributed by atoms with E-state index in [0.717, 1.165) is 43.7 Å². The van der Waals surface area contributed by atoms with Crippen LogP contribution in [-0.2, 0) is 4.79 Å². The average Bonchev–Trinajstić information content (AvgIpc) is 2.99. The summed E-state index contributed by atoms with van der Waals surface area (Å²) in [5, 5.41) is 18.2. The predicted molar refractivity (Wildman–Crippen MR) is 107 cm³/mol. The van der Waals surface area contributed by atoms with Crippen LogP contribution in [-0.4, -0.2) is 65.7 Å². The van der Waals surface area contributed by atoms with E-state index >= 15 is 0 Å². The van der Waals surface area contributed by atoms with Crippen LogP contribution in [0.4, 0.5) is 10.5 Å². The number of carbonyl (C=O) groups excluding carboxylic acids is 1. The number of nitriles is 1. The van der Waals surface area contributed by atoms with Crippen LogP contribution in [0, 0.1) is 18.3 Å². The molecule has 1 aromatic rings. The van der Waals surface area contributed by atoms with Crippen molar-refractivity contribution in [1.82, 2.24) is 9.80 Å². The third-order valence-electron chi connectivity index (χ3n) is 5.57. The predicted octanol–water partition coefficient (Wildman–Crippen LogP) is 3.09. The van der Waals surface area contributed by atoms with Crippen molar-refractivity contribution in [3.8, 4) is 6.07 Å². The molecule has 2 saturated heterocycles. The van der Waals surface area contributed by atoms with Gasteiger partial charge in [0.15, 0.2) is 0 Å². The summed E-state index contributed by atoms with van der Waals surface area (Å²) in [5.41, 5.74) is 1.94. The number of anilines is 1. The Bertz CT molecular complexity index is 807. The Balaban J connectivity index is 1.59. The molecule has 3 rings (SSSR count). The van der Waals surface area contributed by atoms with E-state index in [1.165, 1.54) is 0 Å². The Hall–Kier alpha value is -2.30. The average molecular weight is 405 g/mol. The number of carbonyl (C=O) groups is 2. The fourth-order valence-electron chi connectivity index (χ4n) is 4.02. The Labute approximate surface area is 170 Å². The SMILES string of the molecule is Cc1c(N2C[C@@H]3CN(CCCCCC(=O)O)CCN3C2=O)ccc(C#N)c1Cl. The quantitative estimate of drug-likeness (QED) is 0.705. The van der Waals surface area contributed by atoms with Crippen molar-refractivity contribution in [3.63, 3.8) is 0 Å². The van der Waals surface area contributed by atoms with Crippen LogP contribution in [0.15, 0.2) is 12.1 Å². The second kappa shape index (κ2) is 8.80. The maximum atomic E-state index is 12.9. The molecule has 0 radical (unpaired) electrons. The highest BCUT2D eigenvalue weighted by Gasteiger charge is 2.41. The molecule has 0 aliphatic carbocycles. The van der Waals surface area contributed by atoms with E-state index in [9.17, 15) is 9.59 Å². The lowest BCUT2D eigenvalue weighted by molar-refractivity contribution is -0.137. The first-order valence-corrected chi connectivity index (χ1v) is 10.0. The molecular weight excluding hydrogens is 380 g/mol. The first kappa shape index (κ1) is 20.4. The highest BCUT2D eigenvalue weighted by molar-refractivity contribution is 6.33. The molecule has 2 aliphatic rings. The van der Waals surface area contributed by atoms with E-state index in [1.54, 1.807) is 17.0 Å². The van der Waals surface area contributed by atoms with Crippen LogP contribution < -0.4 is 4.90 Å². The van der Waals surface area contributed by atoms with Crippen LogP contribution >= 0.6 is 11.6 Å². The highest BCUT2D eigenvalue weighted by atomic mass is 35.5. The van der Waals surface area contributed by atoms with Crippen molar-refractivity contribution in [2.24, 2.45) is 0 Å². The Kier molecular flexibility index (Phi) is 6.42. The first-order chi connectivity index (χ1) is 13.4. The van der Waals surface area contributed by atoms with E-state index in [1.807, 2.05) is 11.8 Å². The number of unbranched alkanes of at least 4 members (excludes halogenated alkanes) is 2. The molecule has 150 valence electrons. The molecule has 7 nitrogen and oxygen atoms in total. The van der Waals surface area contributed by atoms with Gasteiger partial charge in [-0.3, -0.25) is 14.6 Å². The topological polar surface area (TPSA) is 87.9 Å². The fourth-order valence-corrected chi connectivity index (χ4v) is 4.22. The van der Waals surface area contributed by atoms with Crippen LogP contribution in [0.5, 0.6) is 0 Å². The largest absolute Gasteiger partial charge is 0.481 e. The molecule has 0 bridgehead atoms. The number of carboxylic acids is 1. The van der Waals surface area contributed by atoms with E-state index in [4.69, 9.17) is 22.0 Å². The number of benzene rings is 1. The van der Waals surface area contributed by atoms with Crippen molar-refractivity contribution in [1.29, 1.82) is 5.26 Å². The van der Waals surface area contributed by atoms with Gasteiger partial charge in [-0.1, -0.05) is 18.0 Å². The summed E-state index contributed by atoms with van der Waals surface area (Å²) in [6.45, 7) is 5.73. The van der Waals surface area contributed by atoms with Crippen LogP contribution in [0.1, 0.15) is 36.8 Å². The summed E-state index contributed by atoms with van der Waals surface area (Å²) in [4.78, 5) is 29.5. The van der Waals surface area contributed by atoms with Gasteiger partial charge in [0.1, 0.15) is 6.07 Å². The fraction of sp³-hybridized carbons (Fsp3) is 0.550. The molecule has 0 aromatic heterocycles. The van der Waals surface area contributed by atoms with E-state index in [-0.39, 0.29) is 18.5 Å². The number of carboxylic acid groups (broad SMARTS) is 1. The summed E-state index contributed by atoms with van der Waals surface area (Å²) in [6.07, 6.45) is 2.82. The van der Waals surface area contributed by atoms with Gasteiger partial charge >= 0.3 is 12.0 Å². The molecule has 0 spiro atoms. The molecule has 8 heteroatoms. The van der Waals surface area contributed by atoms with Crippen molar-refractivity contribution >= 4 is 29.3 Å². The van der Waals surface area contributed by atoms with E-state index in [2.05, 4.69) is 11.0 Å². The molecule has 2 amide bonds. The maximum Gasteiger partial charge on any atom is 0.324 e. The zero-order valence-corrected chi connectivity index (χ0v) is 16.8. The minimum absolute atomic E-state index is 0.00465. The number of piperazine rings is 1. The third-order valence-corrected chi connectivity index (χ3v) is 6.06. The molecule has 2 heterocycles. The molecule has 2 aliphatic heterocycles. The lowest BCUT2D eigenvalue weighted by atomic mass is 10.1. The van der Waals surface area contributed by atoms with Gasteiger partial charge in [-0.25, -0.2) is 4.79 Å². The molecule has 0 unspecified atom stereocenters. The van der Waals surface area contributed by atoms with Gasteiger partial charge in [-0.2, -0.15) is 5.26 Å². The van der Waals surface area contributed by atoms with E-state index in [0.29, 0.717) is 30.1 Å². The van der Waals surface area contributed by atoms with Gasteiger partial charge in [0, 0.05) is 38.3 Å². The number of nitrogens with zero attached hydrogens (tertiary/aromatic N) is 4. The van der Waals surface area contributed by atoms with Crippen LogP contribution in [0.2, 0.25) is 5.02 Å². The summed E-state index contributed by atoms with van der Waals surface area (Å²) in [5.74, 6) is -0.739. The summed E-state index contributed by atoms with van der Waals surface area (Å²) in [7, 11) is 0. The standard InChI is InChI=1S/C20H25ClN4O3/c1-14-17(7-6-15(11-22)19(14)21)25-13-16-12-23(9-10-24(16)20(25)28)8-4-2-3-5-18(26)27/h6-7,16H,2-5,8-10,12-13H2,1H3,(H,26,27)/t16-/m0/s1. The molecule has 28 heavy (non-hydrogen) atoms. The zero-order valence-electron chi connectivity index (χ0n) is 16.0. The smallest absolute Gasteiger partial charge is 0.324 e. The second-order valence-corrected chi connectivity index (χ2v) is 7.81. The lowest BCUT2D eigenvalue weighted by Crippen LogP contribution is -2.52. The summed E-state index contributed by atoms with van der Waals surface area (Å²) >= 11 is 6.28. The van der Waals surface area contributed by atoms with Crippen LogP contribution in [0.3, 0.4) is 0 Å². The molecule has 2 fully saturated rings. The molecule has 0 saturated carbocycles. The highest BCUT2D eigenvalue weighted by Crippen LogP contribution is 2.33. The number of fused-ring (bicyclic) bond motifs is 1. The molecule has 1 atom stereocenters. The normalized spacial score (nSPS) is 19.6. The number of halogens is 1. The maximum absolute atomic E-state index is 12.9. The Morgan fingerprint density at radius 3 is 2.79 bits per heavy atom. The monoisotopic (exact) mass is 404 g/mol. The lowest BCUT2D eigenvalue weighted by Gasteiger charge is -2.36. The Morgan fingerprint density at radius 1 is 1.29 bits per heavy atom. The number of rotatable bonds is 7. The zero-order chi connectivity index (χ0) is 20.3. The second-order valence-electron chi connectivity index (χ2n) is 7.43. The molecular formula is C20H25ClN4O3.